The van der Waals surface area contributed by atoms with Crippen LogP contribution in [0.3, 0.4) is 0 Å². The summed E-state index contributed by atoms with van der Waals surface area (Å²) in [7, 11) is 0. The van der Waals surface area contributed by atoms with Crippen molar-refractivity contribution in [1.29, 1.82) is 0 Å². The van der Waals surface area contributed by atoms with Gasteiger partial charge in [-0.15, -0.1) is 0 Å². The van der Waals surface area contributed by atoms with Gasteiger partial charge in [0.2, 0.25) is 0 Å². The molecule has 2 heteroatoms. The minimum Gasteiger partial charge on any atom is -0.352 e. The summed E-state index contributed by atoms with van der Waals surface area (Å²) >= 11 is 0. The Balaban J connectivity index is 1.78. The quantitative estimate of drug-likeness (QED) is 0.525. The minimum absolute atomic E-state index is 0.0487. The molecule has 1 aliphatic heterocycles. The molecular weight excluding hydrogens is 224 g/mol. The Morgan fingerprint density at radius 2 is 1.33 bits per heavy atom. The number of rotatable bonds is 10. The second-order valence-corrected chi connectivity index (χ2v) is 5.58. The molecule has 0 unspecified atom stereocenters. The molecule has 0 aromatic heterocycles. The smallest absolute Gasteiger partial charge is 0.157 e. The van der Waals surface area contributed by atoms with Crippen molar-refractivity contribution in [3.8, 4) is 0 Å². The highest BCUT2D eigenvalue weighted by atomic mass is 16.7. The zero-order valence-electron chi connectivity index (χ0n) is 12.2. The van der Waals surface area contributed by atoms with E-state index in [4.69, 9.17) is 9.47 Å². The summed E-state index contributed by atoms with van der Waals surface area (Å²) in [5.41, 5.74) is 0. The van der Waals surface area contributed by atoms with E-state index in [1.807, 2.05) is 0 Å². The van der Waals surface area contributed by atoms with Crippen LogP contribution in [0.1, 0.15) is 71.1 Å². The van der Waals surface area contributed by atoms with Gasteiger partial charge in [-0.3, -0.25) is 0 Å². The van der Waals surface area contributed by atoms with Crippen LogP contribution in [0.15, 0.2) is 0 Å². The molecule has 2 nitrogen and oxygen atoms in total. The first-order chi connectivity index (χ1) is 8.83. The first-order valence-electron chi connectivity index (χ1n) is 7.89. The van der Waals surface area contributed by atoms with Crippen molar-refractivity contribution in [2.45, 2.75) is 77.4 Å². The van der Waals surface area contributed by atoms with E-state index in [2.05, 4.69) is 13.8 Å². The van der Waals surface area contributed by atoms with Gasteiger partial charge >= 0.3 is 0 Å². The lowest BCUT2D eigenvalue weighted by Crippen LogP contribution is -2.30. The van der Waals surface area contributed by atoms with Gasteiger partial charge in [0, 0.05) is 5.92 Å². The van der Waals surface area contributed by atoms with E-state index in [0.29, 0.717) is 5.92 Å². The maximum Gasteiger partial charge on any atom is 0.157 e. The van der Waals surface area contributed by atoms with Gasteiger partial charge in [-0.25, -0.2) is 0 Å². The average Bonchev–Trinajstić information content (AvgIpc) is 2.39. The van der Waals surface area contributed by atoms with Crippen LogP contribution < -0.4 is 0 Å². The number of unbranched alkanes of at least 4 members (excludes halogenated alkanes) is 8. The molecule has 0 saturated carbocycles. The Bertz CT molecular complexity index is 174. The third-order valence-electron chi connectivity index (χ3n) is 3.58. The summed E-state index contributed by atoms with van der Waals surface area (Å²) in [6.45, 7) is 7.74. The molecule has 107 valence electrons. The van der Waals surface area contributed by atoms with E-state index in [1.54, 1.807) is 0 Å². The first kappa shape index (κ1) is 16.0. The maximum atomic E-state index is 5.58. The molecule has 0 amide bonds. The van der Waals surface area contributed by atoms with Gasteiger partial charge in [-0.1, -0.05) is 58.3 Å². The molecule has 1 heterocycles. The van der Waals surface area contributed by atoms with Crippen LogP contribution in [0.4, 0.5) is 0 Å². The highest BCUT2D eigenvalue weighted by Gasteiger charge is 2.18. The Morgan fingerprint density at radius 3 is 1.89 bits per heavy atom. The monoisotopic (exact) mass is 255 g/mol. The third-order valence-corrected chi connectivity index (χ3v) is 3.58. The Hall–Kier alpha value is -0.0800. The van der Waals surface area contributed by atoms with Crippen molar-refractivity contribution in [2.24, 2.45) is 5.92 Å². The molecule has 1 fully saturated rings. The highest BCUT2D eigenvalue weighted by molar-refractivity contribution is 4.64. The molecule has 0 aliphatic carbocycles. The van der Waals surface area contributed by atoms with Crippen molar-refractivity contribution in [3.05, 3.63) is 6.92 Å². The zero-order valence-corrected chi connectivity index (χ0v) is 12.2. The molecule has 0 aromatic rings. The Morgan fingerprint density at radius 1 is 0.833 bits per heavy atom. The fraction of sp³-hybridized carbons (Fsp3) is 0.938. The summed E-state index contributed by atoms with van der Waals surface area (Å²) in [6, 6.07) is 0. The van der Waals surface area contributed by atoms with Crippen molar-refractivity contribution < 1.29 is 9.47 Å². The summed E-state index contributed by atoms with van der Waals surface area (Å²) in [5.74, 6) is 0.323. The van der Waals surface area contributed by atoms with Gasteiger partial charge in [0.15, 0.2) is 6.29 Å². The van der Waals surface area contributed by atoms with Crippen LogP contribution in [0.2, 0.25) is 0 Å². The average molecular weight is 255 g/mol. The highest BCUT2D eigenvalue weighted by Crippen LogP contribution is 2.17. The molecule has 1 aliphatic rings. The minimum atomic E-state index is 0.0487. The second-order valence-electron chi connectivity index (χ2n) is 5.58. The standard InChI is InChI=1S/C16H31O2/c1-3-4-5-6-7-8-9-10-11-12-16-17-13-15(2)14-18-16/h15-16H,2-14H2,1H3. The van der Waals surface area contributed by atoms with Crippen LogP contribution in [-0.4, -0.2) is 19.5 Å². The van der Waals surface area contributed by atoms with Gasteiger partial charge in [-0.05, 0) is 19.8 Å². The molecule has 1 radical (unpaired) electrons. The van der Waals surface area contributed by atoms with Crippen LogP contribution in [0, 0.1) is 12.8 Å². The topological polar surface area (TPSA) is 18.5 Å². The second kappa shape index (κ2) is 10.8. The van der Waals surface area contributed by atoms with E-state index in [9.17, 15) is 0 Å². The normalized spacial score (nSPS) is 24.3. The lowest BCUT2D eigenvalue weighted by molar-refractivity contribution is -0.196. The van der Waals surface area contributed by atoms with E-state index in [-0.39, 0.29) is 6.29 Å². The fourth-order valence-corrected chi connectivity index (χ4v) is 2.37. The molecule has 0 aromatic carbocycles. The summed E-state index contributed by atoms with van der Waals surface area (Å²) < 4.78 is 11.2. The largest absolute Gasteiger partial charge is 0.352 e. The molecule has 0 N–H and O–H groups in total. The van der Waals surface area contributed by atoms with Gasteiger partial charge < -0.3 is 9.47 Å². The molecule has 18 heavy (non-hydrogen) atoms. The molecule has 1 rings (SSSR count). The fourth-order valence-electron chi connectivity index (χ4n) is 2.37. The first-order valence-corrected chi connectivity index (χ1v) is 7.89. The summed E-state index contributed by atoms with van der Waals surface area (Å²) in [6.07, 6.45) is 13.5. The van der Waals surface area contributed by atoms with Crippen molar-refractivity contribution in [3.63, 3.8) is 0 Å². The van der Waals surface area contributed by atoms with Crippen LogP contribution in [0.5, 0.6) is 0 Å². The SMILES string of the molecule is [CH2]C1COC(CCCCCCCCCCC)OC1. The molecule has 0 bridgehead atoms. The van der Waals surface area contributed by atoms with Crippen LogP contribution >= 0.6 is 0 Å². The maximum absolute atomic E-state index is 5.58. The zero-order chi connectivity index (χ0) is 13.1. The van der Waals surface area contributed by atoms with Gasteiger partial charge in [0.05, 0.1) is 13.2 Å². The van der Waals surface area contributed by atoms with Gasteiger partial charge in [-0.2, -0.15) is 0 Å². The number of hydrogen-bond acceptors (Lipinski definition) is 2. The van der Waals surface area contributed by atoms with Crippen LogP contribution in [-0.2, 0) is 9.47 Å². The Labute approximate surface area is 113 Å². The Kier molecular flexibility index (Phi) is 9.59. The van der Waals surface area contributed by atoms with E-state index >= 15 is 0 Å². The lowest BCUT2D eigenvalue weighted by Gasteiger charge is -2.27. The van der Waals surface area contributed by atoms with Crippen molar-refractivity contribution in [1.82, 2.24) is 0 Å². The van der Waals surface area contributed by atoms with Gasteiger partial charge in [0.1, 0.15) is 0 Å². The number of ether oxygens (including phenoxy) is 2. The predicted octanol–water partition coefficient (Wildman–Crippen LogP) is 4.73. The van der Waals surface area contributed by atoms with Crippen molar-refractivity contribution in [2.75, 3.05) is 13.2 Å². The summed E-state index contributed by atoms with van der Waals surface area (Å²) in [4.78, 5) is 0. The lowest BCUT2D eigenvalue weighted by atomic mass is 10.1. The summed E-state index contributed by atoms with van der Waals surface area (Å²) in [5, 5.41) is 0. The van der Waals surface area contributed by atoms with Gasteiger partial charge in [0.25, 0.3) is 0 Å². The van der Waals surface area contributed by atoms with Crippen LogP contribution in [0.25, 0.3) is 0 Å². The van der Waals surface area contributed by atoms with E-state index < -0.39 is 0 Å². The molecule has 1 saturated heterocycles. The van der Waals surface area contributed by atoms with E-state index in [1.165, 1.54) is 57.8 Å². The molecule has 0 atom stereocenters. The van der Waals surface area contributed by atoms with E-state index in [0.717, 1.165) is 19.6 Å². The molecule has 0 spiro atoms. The molecular formula is C16H31O2. The van der Waals surface area contributed by atoms with Crippen molar-refractivity contribution >= 4 is 0 Å². The predicted molar refractivity (Wildman–Crippen MR) is 76.4 cm³/mol. The number of hydrogen-bond donors (Lipinski definition) is 0. The third kappa shape index (κ3) is 8.10.